The van der Waals surface area contributed by atoms with Gasteiger partial charge in [0.15, 0.2) is 0 Å². The molecule has 1 atom stereocenters. The Hall–Kier alpha value is -1.92. The lowest BCUT2D eigenvalue weighted by atomic mass is 10.2. The quantitative estimate of drug-likeness (QED) is 0.314. The summed E-state index contributed by atoms with van der Waals surface area (Å²) in [5.74, 6) is -1.18. The first kappa shape index (κ1) is 20.1. The molecule has 2 amide bonds. The highest BCUT2D eigenvalue weighted by molar-refractivity contribution is 5.88. The molecule has 22 heavy (non-hydrogen) atoms. The Labute approximate surface area is 131 Å². The minimum absolute atomic E-state index is 0.181. The van der Waals surface area contributed by atoms with E-state index < -0.39 is 17.9 Å². The van der Waals surface area contributed by atoms with Gasteiger partial charge in [0.25, 0.3) is 0 Å². The number of rotatable bonds is 12. The summed E-state index contributed by atoms with van der Waals surface area (Å²) in [6.45, 7) is 3.68. The van der Waals surface area contributed by atoms with Crippen LogP contribution in [-0.4, -0.2) is 43.3 Å². The molecule has 0 aromatic heterocycles. The van der Waals surface area contributed by atoms with E-state index in [1.54, 1.807) is 0 Å². The van der Waals surface area contributed by atoms with E-state index in [1.165, 1.54) is 6.92 Å². The van der Waals surface area contributed by atoms with Gasteiger partial charge in [-0.2, -0.15) is 0 Å². The van der Waals surface area contributed by atoms with Gasteiger partial charge in [-0.05, 0) is 26.2 Å². The lowest BCUT2D eigenvalue weighted by molar-refractivity contribution is -0.147. The van der Waals surface area contributed by atoms with E-state index in [0.29, 0.717) is 25.9 Å². The number of hydrogen-bond acceptors (Lipinski definition) is 5. The molecule has 0 spiro atoms. The number of carbonyl (C=O) groups excluding carboxylic acids is 4. The van der Waals surface area contributed by atoms with Gasteiger partial charge in [0.1, 0.15) is 12.3 Å². The first-order valence-electron chi connectivity index (χ1n) is 7.67. The molecule has 0 aliphatic carbocycles. The number of carbonyl (C=O) groups is 4. The van der Waals surface area contributed by atoms with Gasteiger partial charge in [-0.15, -0.1) is 0 Å². The summed E-state index contributed by atoms with van der Waals surface area (Å²) >= 11 is 0. The Bertz CT molecular complexity index is 371. The van der Waals surface area contributed by atoms with Gasteiger partial charge in [-0.25, -0.2) is 4.79 Å². The zero-order valence-electron chi connectivity index (χ0n) is 13.4. The predicted molar refractivity (Wildman–Crippen MR) is 81.0 cm³/mol. The molecule has 7 nitrogen and oxygen atoms in total. The van der Waals surface area contributed by atoms with Gasteiger partial charge < -0.3 is 20.2 Å². The Morgan fingerprint density at radius 1 is 1.14 bits per heavy atom. The van der Waals surface area contributed by atoms with E-state index in [2.05, 4.69) is 10.6 Å². The summed E-state index contributed by atoms with van der Waals surface area (Å²) in [7, 11) is 0. The van der Waals surface area contributed by atoms with Gasteiger partial charge in [-0.3, -0.25) is 9.59 Å². The zero-order valence-corrected chi connectivity index (χ0v) is 13.4. The van der Waals surface area contributed by atoms with Crippen LogP contribution in [0, 0.1) is 0 Å². The van der Waals surface area contributed by atoms with Crippen LogP contribution in [0.25, 0.3) is 0 Å². The summed E-state index contributed by atoms with van der Waals surface area (Å²) in [5.41, 5.74) is 0. The first-order valence-corrected chi connectivity index (χ1v) is 7.67. The molecular weight excluding hydrogens is 288 g/mol. The van der Waals surface area contributed by atoms with Crippen LogP contribution in [0.3, 0.4) is 0 Å². The minimum Gasteiger partial charge on any atom is -0.464 e. The van der Waals surface area contributed by atoms with Crippen molar-refractivity contribution < 1.29 is 23.9 Å². The van der Waals surface area contributed by atoms with Crippen LogP contribution in [0.5, 0.6) is 0 Å². The third-order valence-corrected chi connectivity index (χ3v) is 2.90. The van der Waals surface area contributed by atoms with Crippen LogP contribution in [0.2, 0.25) is 0 Å². The monoisotopic (exact) mass is 314 g/mol. The predicted octanol–water partition coefficient (Wildman–Crippen LogP) is 0.710. The van der Waals surface area contributed by atoms with E-state index >= 15 is 0 Å². The number of esters is 1. The van der Waals surface area contributed by atoms with Crippen molar-refractivity contribution in [2.45, 2.75) is 58.4 Å². The van der Waals surface area contributed by atoms with Crippen molar-refractivity contribution in [2.75, 3.05) is 13.2 Å². The molecule has 0 aliphatic heterocycles. The van der Waals surface area contributed by atoms with E-state index in [-0.39, 0.29) is 18.9 Å². The van der Waals surface area contributed by atoms with Crippen LogP contribution in [0.15, 0.2) is 0 Å². The molecule has 0 heterocycles. The number of aldehydes is 1. The van der Waals surface area contributed by atoms with E-state index in [9.17, 15) is 19.2 Å². The van der Waals surface area contributed by atoms with Crippen molar-refractivity contribution in [2.24, 2.45) is 0 Å². The number of ether oxygens (including phenoxy) is 1. The number of hydrogen-bond donors (Lipinski definition) is 2. The Morgan fingerprint density at radius 3 is 2.50 bits per heavy atom. The van der Waals surface area contributed by atoms with E-state index in [1.807, 2.05) is 6.92 Å². The number of nitrogens with one attached hydrogen (secondary N) is 2. The summed E-state index contributed by atoms with van der Waals surface area (Å²) < 4.78 is 4.98. The highest BCUT2D eigenvalue weighted by Gasteiger charge is 2.17. The Morgan fingerprint density at radius 2 is 1.86 bits per heavy atom. The van der Waals surface area contributed by atoms with Crippen molar-refractivity contribution in [3.8, 4) is 0 Å². The van der Waals surface area contributed by atoms with Gasteiger partial charge in [0.2, 0.25) is 11.8 Å². The Kier molecular flexibility index (Phi) is 11.7. The highest BCUT2D eigenvalue weighted by atomic mass is 16.5. The topological polar surface area (TPSA) is 102 Å². The second-order valence-electron chi connectivity index (χ2n) is 5.00. The van der Waals surface area contributed by atoms with Crippen LogP contribution in [0.4, 0.5) is 0 Å². The van der Waals surface area contributed by atoms with Gasteiger partial charge >= 0.3 is 5.97 Å². The second kappa shape index (κ2) is 12.8. The van der Waals surface area contributed by atoms with Crippen molar-refractivity contribution >= 4 is 24.1 Å². The summed E-state index contributed by atoms with van der Waals surface area (Å²) in [4.78, 5) is 44.7. The molecule has 126 valence electrons. The van der Waals surface area contributed by atoms with Crippen molar-refractivity contribution in [3.63, 3.8) is 0 Å². The largest absolute Gasteiger partial charge is 0.464 e. The van der Waals surface area contributed by atoms with Gasteiger partial charge in [-0.1, -0.05) is 13.3 Å². The maximum atomic E-state index is 11.6. The molecule has 0 saturated carbocycles. The number of unbranched alkanes of at least 4 members (excludes halogenated alkanes) is 3. The molecule has 7 heteroatoms. The average Bonchev–Trinajstić information content (AvgIpc) is 2.49. The lowest BCUT2D eigenvalue weighted by Crippen LogP contribution is -2.44. The van der Waals surface area contributed by atoms with Crippen molar-refractivity contribution in [3.05, 3.63) is 0 Å². The van der Waals surface area contributed by atoms with Crippen LogP contribution >= 0.6 is 0 Å². The maximum Gasteiger partial charge on any atom is 0.328 e. The SMILES string of the molecule is CCCCOC(=O)C(C)NC(=O)CNC(=O)CCCCC=O. The fraction of sp³-hybridized carbons (Fsp3) is 0.733. The highest BCUT2D eigenvalue weighted by Crippen LogP contribution is 1.97. The van der Waals surface area contributed by atoms with Gasteiger partial charge in [0.05, 0.1) is 13.2 Å². The fourth-order valence-electron chi connectivity index (χ4n) is 1.57. The van der Waals surface area contributed by atoms with Crippen LogP contribution in [0.1, 0.15) is 52.4 Å². The molecule has 0 radical (unpaired) electrons. The van der Waals surface area contributed by atoms with Crippen LogP contribution in [-0.2, 0) is 23.9 Å². The molecule has 0 fully saturated rings. The number of amides is 2. The zero-order chi connectivity index (χ0) is 16.8. The Balaban J connectivity index is 3.80. The normalized spacial score (nSPS) is 11.4. The molecule has 0 aromatic rings. The van der Waals surface area contributed by atoms with Crippen molar-refractivity contribution in [1.29, 1.82) is 0 Å². The second-order valence-corrected chi connectivity index (χ2v) is 5.00. The summed E-state index contributed by atoms with van der Waals surface area (Å²) in [6, 6.07) is -0.742. The lowest BCUT2D eigenvalue weighted by Gasteiger charge is -2.13. The standard InChI is InChI=1S/C15H26N2O5/c1-3-4-10-22-15(21)12(2)17-14(20)11-16-13(19)8-6-5-7-9-18/h9,12H,3-8,10-11H2,1-2H3,(H,16,19)(H,17,20). The molecule has 0 bridgehead atoms. The molecule has 0 rings (SSSR count). The first-order chi connectivity index (χ1) is 10.5. The maximum absolute atomic E-state index is 11.6. The summed E-state index contributed by atoms with van der Waals surface area (Å²) in [5, 5.41) is 4.93. The molecule has 0 aromatic carbocycles. The molecule has 1 unspecified atom stereocenters. The van der Waals surface area contributed by atoms with E-state index in [4.69, 9.17) is 4.74 Å². The van der Waals surface area contributed by atoms with Gasteiger partial charge in [0, 0.05) is 12.8 Å². The average molecular weight is 314 g/mol. The smallest absolute Gasteiger partial charge is 0.328 e. The minimum atomic E-state index is -0.742. The molecule has 0 aliphatic rings. The molecule has 2 N–H and O–H groups in total. The summed E-state index contributed by atoms with van der Waals surface area (Å²) in [6.07, 6.45) is 4.49. The molecule has 0 saturated heterocycles. The van der Waals surface area contributed by atoms with E-state index in [0.717, 1.165) is 19.1 Å². The fourth-order valence-corrected chi connectivity index (χ4v) is 1.57. The van der Waals surface area contributed by atoms with Crippen molar-refractivity contribution in [1.82, 2.24) is 10.6 Å². The third-order valence-electron chi connectivity index (χ3n) is 2.90. The van der Waals surface area contributed by atoms with Crippen LogP contribution < -0.4 is 10.6 Å². The third kappa shape index (κ3) is 10.8. The molecular formula is C15H26N2O5.